The number of thioether (sulfide) groups is 1. The van der Waals surface area contributed by atoms with Crippen molar-refractivity contribution < 1.29 is 4.79 Å². The average Bonchev–Trinajstić information content (AvgIpc) is 2.94. The van der Waals surface area contributed by atoms with Crippen molar-refractivity contribution in [3.63, 3.8) is 0 Å². The lowest BCUT2D eigenvalue weighted by Gasteiger charge is -2.10. The minimum atomic E-state index is 0.0253. The van der Waals surface area contributed by atoms with Crippen LogP contribution in [0.25, 0.3) is 10.4 Å². The van der Waals surface area contributed by atoms with Crippen molar-refractivity contribution in [1.82, 2.24) is 10.2 Å². The second-order valence-corrected chi connectivity index (χ2v) is 6.24. The molecule has 1 aromatic rings. The summed E-state index contributed by atoms with van der Waals surface area (Å²) in [5, 5.41) is 12.2. The van der Waals surface area contributed by atoms with Crippen LogP contribution in [-0.2, 0) is 4.79 Å². The Morgan fingerprint density at radius 3 is 3.22 bits per heavy atom. The Morgan fingerprint density at radius 1 is 1.67 bits per heavy atom. The van der Waals surface area contributed by atoms with E-state index in [2.05, 4.69) is 20.2 Å². The highest BCUT2D eigenvalue weighted by Gasteiger charge is 2.32. The van der Waals surface area contributed by atoms with Crippen molar-refractivity contribution in [2.75, 3.05) is 23.7 Å². The van der Waals surface area contributed by atoms with Crippen LogP contribution in [0.3, 0.4) is 0 Å². The van der Waals surface area contributed by atoms with Crippen molar-refractivity contribution in [3.8, 4) is 0 Å². The molecule has 18 heavy (non-hydrogen) atoms. The van der Waals surface area contributed by atoms with Gasteiger partial charge in [0.15, 0.2) is 4.34 Å². The number of rotatable bonds is 5. The largest absolute Gasteiger partial charge is 0.286 e. The highest BCUT2D eigenvalue weighted by molar-refractivity contribution is 8.01. The molecule has 0 bridgehead atoms. The lowest BCUT2D eigenvalue weighted by atomic mass is 10.1. The van der Waals surface area contributed by atoms with E-state index >= 15 is 0 Å². The molecule has 1 amide bonds. The summed E-state index contributed by atoms with van der Waals surface area (Å²) < 4.78 is 0.874. The van der Waals surface area contributed by atoms with Gasteiger partial charge in [0.1, 0.15) is 0 Å². The Kier molecular flexibility index (Phi) is 4.40. The zero-order valence-electron chi connectivity index (χ0n) is 9.81. The standard InChI is InChI=1S/C9H12N6OS2/c1-2-17-9-13-12-8(18-9)15-5-6(3-7(15)16)4-11-14-10/h6H,2-5H2,1H3. The maximum atomic E-state index is 11.8. The van der Waals surface area contributed by atoms with E-state index in [9.17, 15) is 4.79 Å². The molecule has 1 unspecified atom stereocenters. The van der Waals surface area contributed by atoms with E-state index in [0.29, 0.717) is 24.6 Å². The van der Waals surface area contributed by atoms with Crippen LogP contribution >= 0.6 is 23.1 Å². The number of carbonyl (C=O) groups is 1. The van der Waals surface area contributed by atoms with Crippen LogP contribution in [0.15, 0.2) is 9.45 Å². The van der Waals surface area contributed by atoms with Crippen molar-refractivity contribution in [3.05, 3.63) is 10.4 Å². The number of nitrogens with zero attached hydrogens (tertiary/aromatic N) is 6. The quantitative estimate of drug-likeness (QED) is 0.272. The van der Waals surface area contributed by atoms with Gasteiger partial charge in [0.2, 0.25) is 11.0 Å². The Balaban J connectivity index is 2.04. The molecule has 96 valence electrons. The average molecular weight is 284 g/mol. The normalized spacial score (nSPS) is 19.1. The first kappa shape index (κ1) is 13.1. The van der Waals surface area contributed by atoms with Gasteiger partial charge in [-0.1, -0.05) is 35.1 Å². The predicted octanol–water partition coefficient (Wildman–Crippen LogP) is 2.31. The zero-order chi connectivity index (χ0) is 13.0. The van der Waals surface area contributed by atoms with Crippen LogP contribution in [-0.4, -0.2) is 34.9 Å². The van der Waals surface area contributed by atoms with Crippen molar-refractivity contribution in [1.29, 1.82) is 0 Å². The van der Waals surface area contributed by atoms with E-state index in [4.69, 9.17) is 5.53 Å². The van der Waals surface area contributed by atoms with Gasteiger partial charge in [-0.25, -0.2) is 0 Å². The lowest BCUT2D eigenvalue weighted by Crippen LogP contribution is -2.24. The summed E-state index contributed by atoms with van der Waals surface area (Å²) in [5.74, 6) is 1.04. The molecule has 0 radical (unpaired) electrons. The third kappa shape index (κ3) is 2.92. The molecule has 1 saturated heterocycles. The maximum Gasteiger partial charge on any atom is 0.229 e. The highest BCUT2D eigenvalue weighted by atomic mass is 32.2. The molecule has 7 nitrogen and oxygen atoms in total. The monoisotopic (exact) mass is 284 g/mol. The molecule has 9 heteroatoms. The van der Waals surface area contributed by atoms with Crippen LogP contribution in [0.4, 0.5) is 5.13 Å². The number of aromatic nitrogens is 2. The second kappa shape index (κ2) is 6.03. The first-order valence-corrected chi connectivity index (χ1v) is 7.32. The van der Waals surface area contributed by atoms with Crippen LogP contribution < -0.4 is 4.90 Å². The van der Waals surface area contributed by atoms with E-state index in [0.717, 1.165) is 10.1 Å². The number of amides is 1. The molecule has 1 aromatic heterocycles. The Labute approximate surface area is 112 Å². The van der Waals surface area contributed by atoms with E-state index in [1.54, 1.807) is 16.7 Å². The molecular formula is C9H12N6OS2. The van der Waals surface area contributed by atoms with Crippen LogP contribution in [0.5, 0.6) is 0 Å². The molecule has 0 spiro atoms. The topological polar surface area (TPSA) is 94.8 Å². The smallest absolute Gasteiger partial charge is 0.229 e. The van der Waals surface area contributed by atoms with Gasteiger partial charge in [-0.3, -0.25) is 9.69 Å². The summed E-state index contributed by atoms with van der Waals surface area (Å²) in [7, 11) is 0. The fourth-order valence-corrected chi connectivity index (χ4v) is 3.50. The van der Waals surface area contributed by atoms with Gasteiger partial charge in [-0.2, -0.15) is 0 Å². The van der Waals surface area contributed by atoms with Crippen molar-refractivity contribution >= 4 is 34.1 Å². The molecule has 1 fully saturated rings. The fourth-order valence-electron chi connectivity index (χ4n) is 1.73. The van der Waals surface area contributed by atoms with Crippen molar-refractivity contribution in [2.24, 2.45) is 11.0 Å². The molecule has 0 N–H and O–H groups in total. The number of carbonyl (C=O) groups excluding carboxylic acids is 1. The Hall–Kier alpha value is -1.31. The van der Waals surface area contributed by atoms with E-state index in [-0.39, 0.29) is 11.8 Å². The molecule has 2 heterocycles. The number of hydrogen-bond acceptors (Lipinski definition) is 6. The number of hydrogen-bond donors (Lipinski definition) is 0. The van der Waals surface area contributed by atoms with Crippen LogP contribution in [0.1, 0.15) is 13.3 Å². The fraction of sp³-hybridized carbons (Fsp3) is 0.667. The third-order valence-corrected chi connectivity index (χ3v) is 4.46. The van der Waals surface area contributed by atoms with Gasteiger partial charge in [-0.05, 0) is 17.2 Å². The lowest BCUT2D eigenvalue weighted by molar-refractivity contribution is -0.117. The van der Waals surface area contributed by atoms with Crippen LogP contribution in [0.2, 0.25) is 0 Å². The van der Waals surface area contributed by atoms with Gasteiger partial charge in [0.05, 0.1) is 0 Å². The number of azide groups is 1. The summed E-state index contributed by atoms with van der Waals surface area (Å²) in [6.45, 7) is 2.96. The summed E-state index contributed by atoms with van der Waals surface area (Å²) in [6.07, 6.45) is 0.412. The Morgan fingerprint density at radius 2 is 2.50 bits per heavy atom. The molecular weight excluding hydrogens is 272 g/mol. The highest BCUT2D eigenvalue weighted by Crippen LogP contribution is 2.31. The molecule has 2 rings (SSSR count). The summed E-state index contributed by atoms with van der Waals surface area (Å²) in [4.78, 5) is 16.2. The summed E-state index contributed by atoms with van der Waals surface area (Å²) >= 11 is 3.04. The number of anilines is 1. The van der Waals surface area contributed by atoms with Crippen molar-refractivity contribution in [2.45, 2.75) is 17.7 Å². The SMILES string of the molecule is CCSc1nnc(N2CC(CN=[N+]=[N-])CC2=O)s1. The first-order valence-electron chi connectivity index (χ1n) is 5.52. The van der Waals surface area contributed by atoms with Gasteiger partial charge in [0, 0.05) is 24.4 Å². The summed E-state index contributed by atoms with van der Waals surface area (Å²) in [5.41, 5.74) is 8.27. The Bertz CT molecular complexity index is 483. The van der Waals surface area contributed by atoms with E-state index in [1.807, 2.05) is 6.92 Å². The maximum absolute atomic E-state index is 11.8. The van der Waals surface area contributed by atoms with Gasteiger partial charge < -0.3 is 0 Å². The minimum absolute atomic E-state index is 0.0253. The molecule has 1 atom stereocenters. The second-order valence-electron chi connectivity index (χ2n) is 3.77. The molecule has 0 saturated carbocycles. The molecule has 1 aliphatic heterocycles. The van der Waals surface area contributed by atoms with Gasteiger partial charge in [-0.15, -0.1) is 10.2 Å². The minimum Gasteiger partial charge on any atom is -0.286 e. The first-order chi connectivity index (χ1) is 8.74. The van der Waals surface area contributed by atoms with E-state index in [1.165, 1.54) is 11.3 Å². The van der Waals surface area contributed by atoms with Gasteiger partial charge >= 0.3 is 0 Å². The zero-order valence-corrected chi connectivity index (χ0v) is 11.4. The van der Waals surface area contributed by atoms with Crippen LogP contribution in [0, 0.1) is 5.92 Å². The van der Waals surface area contributed by atoms with Gasteiger partial charge in [0.25, 0.3) is 0 Å². The molecule has 0 aliphatic carbocycles. The summed E-state index contributed by atoms with van der Waals surface area (Å²) in [6, 6.07) is 0. The van der Waals surface area contributed by atoms with E-state index < -0.39 is 0 Å². The predicted molar refractivity (Wildman–Crippen MR) is 70.8 cm³/mol. The molecule has 1 aliphatic rings. The third-order valence-electron chi connectivity index (χ3n) is 2.50. The molecule has 0 aromatic carbocycles.